The summed E-state index contributed by atoms with van der Waals surface area (Å²) < 4.78 is 0. The molecule has 2 amide bonds. The van der Waals surface area contributed by atoms with Gasteiger partial charge in [0.1, 0.15) is 6.54 Å². The van der Waals surface area contributed by atoms with Crippen molar-refractivity contribution in [1.82, 2.24) is 9.80 Å². The van der Waals surface area contributed by atoms with Gasteiger partial charge in [-0.15, -0.1) is 0 Å². The summed E-state index contributed by atoms with van der Waals surface area (Å²) in [5.74, 6) is 4.57. The number of amides is 2. The Balaban J connectivity index is 2.61. The van der Waals surface area contributed by atoms with Crippen LogP contribution in [0.2, 0.25) is 0 Å². The second-order valence-electron chi connectivity index (χ2n) is 2.61. The molecule has 0 bridgehead atoms. The van der Waals surface area contributed by atoms with Crippen LogP contribution in [0.5, 0.6) is 0 Å². The third kappa shape index (κ3) is 1.56. The summed E-state index contributed by atoms with van der Waals surface area (Å²) in [4.78, 5) is 25.0. The molecule has 0 N–H and O–H groups in total. The third-order valence-corrected chi connectivity index (χ3v) is 1.65. The highest BCUT2D eigenvalue weighted by atomic mass is 16.2. The molecule has 0 atom stereocenters. The standard InChI is InChI=1S/C8H10N2O2/c1-3-4-7(11)10-5-8(12)9(2)6-10/h5-6H2,1-2H3. The molecule has 64 valence electrons. The quantitative estimate of drug-likeness (QED) is 0.445. The predicted molar refractivity (Wildman–Crippen MR) is 42.8 cm³/mol. The lowest BCUT2D eigenvalue weighted by molar-refractivity contribution is -0.127. The SMILES string of the molecule is CC#CC(=O)N1CC(=O)N(C)C1. The van der Waals surface area contributed by atoms with Crippen LogP contribution in [-0.2, 0) is 9.59 Å². The molecule has 0 spiro atoms. The zero-order valence-corrected chi connectivity index (χ0v) is 7.13. The summed E-state index contributed by atoms with van der Waals surface area (Å²) in [5, 5.41) is 0. The molecule has 0 aromatic carbocycles. The van der Waals surface area contributed by atoms with Crippen LogP contribution in [0.4, 0.5) is 0 Å². The lowest BCUT2D eigenvalue weighted by atomic mass is 10.5. The molecule has 4 nitrogen and oxygen atoms in total. The zero-order chi connectivity index (χ0) is 9.14. The zero-order valence-electron chi connectivity index (χ0n) is 7.13. The van der Waals surface area contributed by atoms with Gasteiger partial charge in [-0.3, -0.25) is 9.59 Å². The minimum Gasteiger partial charge on any atom is -0.326 e. The first kappa shape index (κ1) is 8.60. The maximum atomic E-state index is 11.1. The lowest BCUT2D eigenvalue weighted by Gasteiger charge is -2.10. The number of hydrogen-bond donors (Lipinski definition) is 0. The Labute approximate surface area is 71.1 Å². The van der Waals surface area contributed by atoms with Gasteiger partial charge in [-0.25, -0.2) is 0 Å². The fraction of sp³-hybridized carbons (Fsp3) is 0.500. The molecule has 0 aromatic rings. The Hall–Kier alpha value is -1.50. The number of hydrogen-bond acceptors (Lipinski definition) is 2. The molecule has 0 saturated carbocycles. The van der Waals surface area contributed by atoms with Crippen LogP contribution >= 0.6 is 0 Å². The second-order valence-corrected chi connectivity index (χ2v) is 2.61. The Morgan fingerprint density at radius 1 is 1.58 bits per heavy atom. The third-order valence-electron chi connectivity index (χ3n) is 1.65. The van der Waals surface area contributed by atoms with Gasteiger partial charge in [0.25, 0.3) is 5.91 Å². The second kappa shape index (κ2) is 3.26. The normalized spacial score (nSPS) is 16.0. The van der Waals surface area contributed by atoms with Crippen LogP contribution in [0, 0.1) is 11.8 Å². The maximum Gasteiger partial charge on any atom is 0.300 e. The molecule has 0 radical (unpaired) electrons. The van der Waals surface area contributed by atoms with E-state index in [4.69, 9.17) is 0 Å². The van der Waals surface area contributed by atoms with Gasteiger partial charge >= 0.3 is 0 Å². The van der Waals surface area contributed by atoms with Gasteiger partial charge in [-0.05, 0) is 12.8 Å². The van der Waals surface area contributed by atoms with Crippen LogP contribution < -0.4 is 0 Å². The van der Waals surface area contributed by atoms with E-state index in [2.05, 4.69) is 11.8 Å². The van der Waals surface area contributed by atoms with Gasteiger partial charge in [0, 0.05) is 7.05 Å². The summed E-state index contributed by atoms with van der Waals surface area (Å²) in [6.07, 6.45) is 0. The number of likely N-dealkylation sites (N-methyl/N-ethyl adjacent to an activating group) is 1. The Morgan fingerprint density at radius 3 is 2.67 bits per heavy atom. The van der Waals surface area contributed by atoms with E-state index in [1.807, 2.05) is 0 Å². The van der Waals surface area contributed by atoms with Crippen molar-refractivity contribution in [3.63, 3.8) is 0 Å². The van der Waals surface area contributed by atoms with E-state index < -0.39 is 0 Å². The molecule has 4 heteroatoms. The summed E-state index contributed by atoms with van der Waals surface area (Å²) >= 11 is 0. The first-order chi connectivity index (χ1) is 5.65. The van der Waals surface area contributed by atoms with Crippen LogP contribution in [0.15, 0.2) is 0 Å². The number of nitrogens with zero attached hydrogens (tertiary/aromatic N) is 2. The summed E-state index contributed by atoms with van der Waals surface area (Å²) in [6.45, 7) is 2.11. The maximum absolute atomic E-state index is 11.1. The fourth-order valence-electron chi connectivity index (χ4n) is 0.991. The van der Waals surface area contributed by atoms with E-state index >= 15 is 0 Å². The van der Waals surface area contributed by atoms with Crippen molar-refractivity contribution in [2.75, 3.05) is 20.3 Å². The van der Waals surface area contributed by atoms with E-state index in [1.54, 1.807) is 14.0 Å². The molecule has 12 heavy (non-hydrogen) atoms. The molecule has 1 heterocycles. The average Bonchev–Trinajstić information content (AvgIpc) is 2.33. The summed E-state index contributed by atoms with van der Waals surface area (Å²) in [6, 6.07) is 0. The van der Waals surface area contributed by atoms with Crippen LogP contribution in [-0.4, -0.2) is 41.9 Å². The van der Waals surface area contributed by atoms with Gasteiger partial charge in [0.15, 0.2) is 0 Å². The van der Waals surface area contributed by atoms with E-state index in [9.17, 15) is 9.59 Å². The highest BCUT2D eigenvalue weighted by Gasteiger charge is 2.26. The lowest BCUT2D eigenvalue weighted by Crippen LogP contribution is -2.28. The molecule has 1 aliphatic rings. The van der Waals surface area contributed by atoms with Gasteiger partial charge in [-0.1, -0.05) is 5.92 Å². The number of rotatable bonds is 0. The van der Waals surface area contributed by atoms with Crippen LogP contribution in [0.3, 0.4) is 0 Å². The van der Waals surface area contributed by atoms with Gasteiger partial charge in [0.2, 0.25) is 5.91 Å². The molecular weight excluding hydrogens is 156 g/mol. The van der Waals surface area contributed by atoms with E-state index in [0.29, 0.717) is 6.67 Å². The first-order valence-corrected chi connectivity index (χ1v) is 3.60. The fourth-order valence-corrected chi connectivity index (χ4v) is 0.991. The number of carbonyl (C=O) groups is 2. The van der Waals surface area contributed by atoms with Crippen molar-refractivity contribution in [3.8, 4) is 11.8 Å². The molecular formula is C8H10N2O2. The molecule has 1 rings (SSSR count). The smallest absolute Gasteiger partial charge is 0.300 e. The molecule has 1 aliphatic heterocycles. The molecule has 1 saturated heterocycles. The highest BCUT2D eigenvalue weighted by molar-refractivity contribution is 5.97. The average molecular weight is 166 g/mol. The minimum atomic E-state index is -0.282. The topological polar surface area (TPSA) is 40.6 Å². The van der Waals surface area contributed by atoms with Crippen molar-refractivity contribution < 1.29 is 9.59 Å². The summed E-state index contributed by atoms with van der Waals surface area (Å²) in [7, 11) is 1.66. The highest BCUT2D eigenvalue weighted by Crippen LogP contribution is 2.02. The Bertz CT molecular complexity index is 275. The van der Waals surface area contributed by atoms with Gasteiger partial charge in [0.05, 0.1) is 6.67 Å². The van der Waals surface area contributed by atoms with Gasteiger partial charge in [-0.2, -0.15) is 0 Å². The van der Waals surface area contributed by atoms with Crippen LogP contribution in [0.1, 0.15) is 6.92 Å². The van der Waals surface area contributed by atoms with Crippen LogP contribution in [0.25, 0.3) is 0 Å². The van der Waals surface area contributed by atoms with Crippen molar-refractivity contribution in [3.05, 3.63) is 0 Å². The molecule has 0 aromatic heterocycles. The van der Waals surface area contributed by atoms with E-state index in [-0.39, 0.29) is 18.4 Å². The first-order valence-electron chi connectivity index (χ1n) is 3.60. The minimum absolute atomic E-state index is 0.0405. The van der Waals surface area contributed by atoms with Gasteiger partial charge < -0.3 is 9.80 Å². The van der Waals surface area contributed by atoms with Crippen molar-refractivity contribution in [1.29, 1.82) is 0 Å². The molecule has 0 aliphatic carbocycles. The monoisotopic (exact) mass is 166 g/mol. The number of carbonyl (C=O) groups excluding carboxylic acids is 2. The summed E-state index contributed by atoms with van der Waals surface area (Å²) in [5.41, 5.74) is 0. The predicted octanol–water partition coefficient (Wildman–Crippen LogP) is -0.732. The van der Waals surface area contributed by atoms with Crippen molar-refractivity contribution in [2.45, 2.75) is 6.92 Å². The Kier molecular flexibility index (Phi) is 2.34. The van der Waals surface area contributed by atoms with E-state index in [1.165, 1.54) is 9.80 Å². The largest absolute Gasteiger partial charge is 0.326 e. The molecule has 0 unspecified atom stereocenters. The van der Waals surface area contributed by atoms with Crippen molar-refractivity contribution >= 4 is 11.8 Å². The van der Waals surface area contributed by atoms with Crippen molar-refractivity contribution in [2.24, 2.45) is 0 Å². The van der Waals surface area contributed by atoms with E-state index in [0.717, 1.165) is 0 Å². The molecule has 1 fully saturated rings. The Morgan fingerprint density at radius 2 is 2.25 bits per heavy atom.